The zero-order valence-corrected chi connectivity index (χ0v) is 10.3. The van der Waals surface area contributed by atoms with Gasteiger partial charge in [0.2, 0.25) is 0 Å². The second kappa shape index (κ2) is 4.62. The Hall–Kier alpha value is -1.09. The maximum absolute atomic E-state index is 5.69. The number of aryl methyl sites for hydroxylation is 1. The fraction of sp³-hybridized carbons (Fsp3) is 0.583. The SMILES string of the molecule is Cc1nn(C(C)C)c(C)c1/C=C/C(C)N. The standard InChI is InChI=1S/C12H21N3/c1-8(2)15-11(5)12(10(4)14-15)7-6-9(3)13/h6-9H,13H2,1-5H3/b7-6+. The van der Waals surface area contributed by atoms with Crippen LogP contribution in [0.2, 0.25) is 0 Å². The van der Waals surface area contributed by atoms with Gasteiger partial charge in [-0.05, 0) is 34.6 Å². The van der Waals surface area contributed by atoms with Gasteiger partial charge in [0.05, 0.1) is 5.69 Å². The van der Waals surface area contributed by atoms with E-state index in [0.29, 0.717) is 6.04 Å². The minimum absolute atomic E-state index is 0.0891. The van der Waals surface area contributed by atoms with Crippen molar-refractivity contribution in [3.63, 3.8) is 0 Å². The Morgan fingerprint density at radius 1 is 1.27 bits per heavy atom. The van der Waals surface area contributed by atoms with Gasteiger partial charge in [0.1, 0.15) is 0 Å². The molecule has 1 heterocycles. The highest BCUT2D eigenvalue weighted by molar-refractivity contribution is 5.55. The molecule has 0 amide bonds. The first-order chi connectivity index (χ1) is 6.93. The molecule has 2 N–H and O–H groups in total. The lowest BCUT2D eigenvalue weighted by atomic mass is 10.1. The van der Waals surface area contributed by atoms with Crippen LogP contribution in [-0.4, -0.2) is 15.8 Å². The second-order valence-electron chi connectivity index (χ2n) is 4.34. The molecule has 3 nitrogen and oxygen atoms in total. The van der Waals surface area contributed by atoms with E-state index in [-0.39, 0.29) is 6.04 Å². The van der Waals surface area contributed by atoms with Crippen LogP contribution in [0.3, 0.4) is 0 Å². The smallest absolute Gasteiger partial charge is 0.0668 e. The quantitative estimate of drug-likeness (QED) is 0.827. The summed E-state index contributed by atoms with van der Waals surface area (Å²) < 4.78 is 2.05. The average molecular weight is 207 g/mol. The largest absolute Gasteiger partial charge is 0.325 e. The van der Waals surface area contributed by atoms with Crippen molar-refractivity contribution in [3.8, 4) is 0 Å². The molecule has 0 fully saturated rings. The van der Waals surface area contributed by atoms with Crippen molar-refractivity contribution in [2.45, 2.75) is 46.7 Å². The van der Waals surface area contributed by atoms with Crippen molar-refractivity contribution < 1.29 is 0 Å². The highest BCUT2D eigenvalue weighted by atomic mass is 15.3. The first-order valence-electron chi connectivity index (χ1n) is 5.43. The van der Waals surface area contributed by atoms with E-state index in [2.05, 4.69) is 36.6 Å². The lowest BCUT2D eigenvalue weighted by Crippen LogP contribution is -2.10. The molecule has 3 heteroatoms. The third-order valence-electron chi connectivity index (χ3n) is 2.44. The first kappa shape index (κ1) is 12.0. The summed E-state index contributed by atoms with van der Waals surface area (Å²) >= 11 is 0. The summed E-state index contributed by atoms with van der Waals surface area (Å²) in [5.41, 5.74) is 9.16. The molecule has 0 aromatic carbocycles. The summed E-state index contributed by atoms with van der Waals surface area (Å²) in [5, 5.41) is 4.51. The second-order valence-corrected chi connectivity index (χ2v) is 4.34. The summed E-state index contributed by atoms with van der Waals surface area (Å²) in [6.07, 6.45) is 4.07. The van der Waals surface area contributed by atoms with Crippen molar-refractivity contribution in [2.24, 2.45) is 5.73 Å². The van der Waals surface area contributed by atoms with Gasteiger partial charge in [-0.25, -0.2) is 0 Å². The lowest BCUT2D eigenvalue weighted by Gasteiger charge is -2.07. The minimum atomic E-state index is 0.0891. The van der Waals surface area contributed by atoms with Crippen molar-refractivity contribution in [1.29, 1.82) is 0 Å². The monoisotopic (exact) mass is 207 g/mol. The molecule has 0 saturated carbocycles. The fourth-order valence-electron chi connectivity index (χ4n) is 1.67. The molecule has 15 heavy (non-hydrogen) atoms. The summed E-state index contributed by atoms with van der Waals surface area (Å²) in [6, 6.07) is 0.493. The number of rotatable bonds is 3. The number of hydrogen-bond donors (Lipinski definition) is 1. The molecule has 1 unspecified atom stereocenters. The van der Waals surface area contributed by atoms with Gasteiger partial charge in [-0.3, -0.25) is 4.68 Å². The van der Waals surface area contributed by atoms with E-state index in [1.807, 2.05) is 19.9 Å². The molecule has 1 aromatic rings. The van der Waals surface area contributed by atoms with Gasteiger partial charge in [0.15, 0.2) is 0 Å². The minimum Gasteiger partial charge on any atom is -0.325 e. The Morgan fingerprint density at radius 3 is 2.27 bits per heavy atom. The third kappa shape index (κ3) is 2.69. The molecule has 1 aromatic heterocycles. The van der Waals surface area contributed by atoms with Gasteiger partial charge in [0, 0.05) is 23.3 Å². The molecular formula is C12H21N3. The van der Waals surface area contributed by atoms with Gasteiger partial charge in [-0.1, -0.05) is 12.2 Å². The maximum atomic E-state index is 5.69. The van der Waals surface area contributed by atoms with Crippen LogP contribution in [0.15, 0.2) is 6.08 Å². The first-order valence-corrected chi connectivity index (χ1v) is 5.43. The molecule has 84 valence electrons. The fourth-order valence-corrected chi connectivity index (χ4v) is 1.67. The van der Waals surface area contributed by atoms with Gasteiger partial charge in [-0.2, -0.15) is 5.10 Å². The molecule has 0 spiro atoms. The average Bonchev–Trinajstić information content (AvgIpc) is 2.39. The predicted molar refractivity (Wildman–Crippen MR) is 64.8 cm³/mol. The predicted octanol–water partition coefficient (Wildman–Crippen LogP) is 2.44. The molecule has 0 bridgehead atoms. The molecule has 1 atom stereocenters. The van der Waals surface area contributed by atoms with Gasteiger partial charge >= 0.3 is 0 Å². The maximum Gasteiger partial charge on any atom is 0.0668 e. The summed E-state index contributed by atoms with van der Waals surface area (Å²) in [4.78, 5) is 0. The van der Waals surface area contributed by atoms with Crippen LogP contribution in [0.1, 0.15) is 43.8 Å². The van der Waals surface area contributed by atoms with Crippen molar-refractivity contribution in [3.05, 3.63) is 23.0 Å². The normalized spacial score (nSPS) is 14.1. The van der Waals surface area contributed by atoms with Crippen molar-refractivity contribution in [1.82, 2.24) is 9.78 Å². The number of nitrogens with zero attached hydrogens (tertiary/aromatic N) is 2. The van der Waals surface area contributed by atoms with E-state index in [1.165, 1.54) is 11.3 Å². The van der Waals surface area contributed by atoms with Crippen LogP contribution in [0.4, 0.5) is 0 Å². The highest BCUT2D eigenvalue weighted by Crippen LogP contribution is 2.18. The van der Waals surface area contributed by atoms with Crippen LogP contribution < -0.4 is 5.73 Å². The van der Waals surface area contributed by atoms with Crippen molar-refractivity contribution in [2.75, 3.05) is 0 Å². The van der Waals surface area contributed by atoms with E-state index in [9.17, 15) is 0 Å². The summed E-state index contributed by atoms with van der Waals surface area (Å²) in [5.74, 6) is 0. The Labute approximate surface area is 92.0 Å². The molecule has 1 rings (SSSR count). The van der Waals surface area contributed by atoms with E-state index in [4.69, 9.17) is 5.73 Å². The molecule has 0 aliphatic rings. The van der Waals surface area contributed by atoms with E-state index < -0.39 is 0 Å². The molecule has 0 saturated heterocycles. The zero-order valence-electron chi connectivity index (χ0n) is 10.3. The highest BCUT2D eigenvalue weighted by Gasteiger charge is 2.10. The summed E-state index contributed by atoms with van der Waals surface area (Å²) in [6.45, 7) is 10.4. The third-order valence-corrected chi connectivity index (χ3v) is 2.44. The van der Waals surface area contributed by atoms with Crippen LogP contribution >= 0.6 is 0 Å². The summed E-state index contributed by atoms with van der Waals surface area (Å²) in [7, 11) is 0. The van der Waals surface area contributed by atoms with Crippen LogP contribution in [0, 0.1) is 13.8 Å². The molecular weight excluding hydrogens is 186 g/mol. The van der Waals surface area contributed by atoms with Crippen LogP contribution in [0.25, 0.3) is 6.08 Å². The van der Waals surface area contributed by atoms with Gasteiger partial charge in [-0.15, -0.1) is 0 Å². The van der Waals surface area contributed by atoms with Gasteiger partial charge < -0.3 is 5.73 Å². The molecule has 0 aliphatic heterocycles. The molecule has 0 aliphatic carbocycles. The molecule has 0 radical (unpaired) electrons. The van der Waals surface area contributed by atoms with Crippen LogP contribution in [-0.2, 0) is 0 Å². The van der Waals surface area contributed by atoms with E-state index >= 15 is 0 Å². The van der Waals surface area contributed by atoms with Gasteiger partial charge in [0.25, 0.3) is 0 Å². The number of nitrogens with two attached hydrogens (primary N) is 1. The Kier molecular flexibility index (Phi) is 3.69. The topological polar surface area (TPSA) is 43.8 Å². The number of hydrogen-bond acceptors (Lipinski definition) is 2. The Morgan fingerprint density at radius 2 is 1.87 bits per heavy atom. The number of aromatic nitrogens is 2. The van der Waals surface area contributed by atoms with Crippen molar-refractivity contribution >= 4 is 6.08 Å². The van der Waals surface area contributed by atoms with E-state index in [1.54, 1.807) is 0 Å². The zero-order chi connectivity index (χ0) is 11.6. The lowest BCUT2D eigenvalue weighted by molar-refractivity contribution is 0.516. The van der Waals surface area contributed by atoms with Crippen LogP contribution in [0.5, 0.6) is 0 Å². The van der Waals surface area contributed by atoms with E-state index in [0.717, 1.165) is 5.69 Å². The Balaban J connectivity index is 3.08. The Bertz CT molecular complexity index is 359.